The number of aromatic nitrogens is 4. The van der Waals surface area contributed by atoms with E-state index >= 15 is 0 Å². The van der Waals surface area contributed by atoms with Crippen molar-refractivity contribution in [3.05, 3.63) is 10.5 Å². The van der Waals surface area contributed by atoms with Gasteiger partial charge in [0.2, 0.25) is 5.91 Å². The number of nitrogens with two attached hydrogens (primary N) is 1. The van der Waals surface area contributed by atoms with Gasteiger partial charge in [-0.25, -0.2) is 0 Å². The maximum Gasteiger partial charge on any atom is 0.240 e. The summed E-state index contributed by atoms with van der Waals surface area (Å²) in [5, 5.41) is 4.45. The number of imidazole rings is 1. The zero-order valence-electron chi connectivity index (χ0n) is 10.7. The molecule has 0 radical (unpaired) electrons. The fourth-order valence-electron chi connectivity index (χ4n) is 2.14. The van der Waals surface area contributed by atoms with Crippen molar-refractivity contribution >= 4 is 29.3 Å². The van der Waals surface area contributed by atoms with E-state index in [-0.39, 0.29) is 0 Å². The Labute approximate surface area is 110 Å². The van der Waals surface area contributed by atoms with Gasteiger partial charge in [-0.2, -0.15) is 5.10 Å². The maximum absolute atomic E-state index is 11.3. The molecule has 2 heterocycles. The molecule has 3 N–H and O–H groups in total. The van der Waals surface area contributed by atoms with Gasteiger partial charge in [-0.15, -0.1) is 0 Å². The third-order valence-corrected chi connectivity index (χ3v) is 3.35. The highest BCUT2D eigenvalue weighted by Gasteiger charge is 2.20. The van der Waals surface area contributed by atoms with Gasteiger partial charge in [0.1, 0.15) is 11.6 Å². The second-order valence-corrected chi connectivity index (χ2v) is 4.78. The van der Waals surface area contributed by atoms with Gasteiger partial charge in [-0.05, 0) is 25.6 Å². The first-order valence-electron chi connectivity index (χ1n) is 5.92. The number of nitrogens with one attached hydrogen (secondary N) is 1. The zero-order valence-corrected chi connectivity index (χ0v) is 11.5. The maximum atomic E-state index is 11.3. The molecule has 0 spiro atoms. The van der Waals surface area contributed by atoms with Crippen molar-refractivity contribution in [1.82, 2.24) is 19.3 Å². The highest BCUT2D eigenvalue weighted by Crippen LogP contribution is 2.22. The first-order valence-corrected chi connectivity index (χ1v) is 6.33. The van der Waals surface area contributed by atoms with Crippen LogP contribution in [-0.4, -0.2) is 25.2 Å². The summed E-state index contributed by atoms with van der Waals surface area (Å²) in [5.41, 5.74) is 8.04. The number of nitrogens with zero attached hydrogens (tertiary/aromatic N) is 3. The molecule has 1 amide bonds. The number of aromatic amines is 1. The molecule has 7 heteroatoms. The molecule has 2 aromatic heterocycles. The Morgan fingerprint density at radius 1 is 1.61 bits per heavy atom. The SMILES string of the molecule is CCCc1nn(C)c2c1[nH]c(=S)n2C(C)C(N)=O. The number of fused-ring (bicyclic) bond motifs is 1. The highest BCUT2D eigenvalue weighted by molar-refractivity contribution is 7.71. The van der Waals surface area contributed by atoms with Crippen molar-refractivity contribution in [3.8, 4) is 0 Å². The Balaban J connectivity index is 2.71. The second kappa shape index (κ2) is 4.56. The molecule has 0 fully saturated rings. The second-order valence-electron chi connectivity index (χ2n) is 4.40. The molecule has 0 aromatic carbocycles. The van der Waals surface area contributed by atoms with Crippen molar-refractivity contribution in [2.75, 3.05) is 0 Å². The van der Waals surface area contributed by atoms with Gasteiger partial charge in [-0.3, -0.25) is 14.0 Å². The highest BCUT2D eigenvalue weighted by atomic mass is 32.1. The van der Waals surface area contributed by atoms with Crippen LogP contribution in [0.5, 0.6) is 0 Å². The fraction of sp³-hybridized carbons (Fsp3) is 0.545. The Morgan fingerprint density at radius 2 is 2.28 bits per heavy atom. The van der Waals surface area contributed by atoms with Crippen molar-refractivity contribution in [2.45, 2.75) is 32.7 Å². The van der Waals surface area contributed by atoms with Crippen LogP contribution in [0.25, 0.3) is 11.2 Å². The van der Waals surface area contributed by atoms with Crippen LogP contribution in [0.15, 0.2) is 0 Å². The lowest BCUT2D eigenvalue weighted by atomic mass is 10.2. The minimum Gasteiger partial charge on any atom is -0.368 e. The summed E-state index contributed by atoms with van der Waals surface area (Å²) in [7, 11) is 1.84. The number of carbonyl (C=O) groups is 1. The molecule has 0 saturated carbocycles. The summed E-state index contributed by atoms with van der Waals surface area (Å²) in [6.07, 6.45) is 1.88. The van der Waals surface area contributed by atoms with Crippen molar-refractivity contribution < 1.29 is 4.79 Å². The van der Waals surface area contributed by atoms with E-state index in [4.69, 9.17) is 18.0 Å². The average Bonchev–Trinajstić information content (AvgIpc) is 2.77. The largest absolute Gasteiger partial charge is 0.368 e. The standard InChI is InChI=1S/C11H17N5OS/c1-4-5-7-8-10(15(3)14-7)16(11(18)13-8)6(2)9(12)17/h6H,4-5H2,1-3H3,(H2,12,17)(H,13,18). The van der Waals surface area contributed by atoms with E-state index < -0.39 is 11.9 Å². The summed E-state index contributed by atoms with van der Waals surface area (Å²) >= 11 is 5.26. The molecule has 2 rings (SSSR count). The number of primary amides is 1. The molecule has 0 saturated heterocycles. The fourth-order valence-corrected chi connectivity index (χ4v) is 2.48. The van der Waals surface area contributed by atoms with Gasteiger partial charge in [-0.1, -0.05) is 13.3 Å². The van der Waals surface area contributed by atoms with Crippen molar-refractivity contribution in [2.24, 2.45) is 12.8 Å². The minimum atomic E-state index is -0.490. The van der Waals surface area contributed by atoms with Gasteiger partial charge in [0, 0.05) is 7.05 Å². The van der Waals surface area contributed by atoms with E-state index in [2.05, 4.69) is 17.0 Å². The van der Waals surface area contributed by atoms with E-state index in [0.29, 0.717) is 4.77 Å². The third kappa shape index (κ3) is 1.84. The van der Waals surface area contributed by atoms with E-state index in [9.17, 15) is 4.79 Å². The quantitative estimate of drug-likeness (QED) is 0.822. The lowest BCUT2D eigenvalue weighted by Gasteiger charge is -2.10. The van der Waals surface area contributed by atoms with E-state index in [1.165, 1.54) is 0 Å². The molecule has 0 aliphatic rings. The Hall–Kier alpha value is -1.63. The molecule has 6 nitrogen and oxygen atoms in total. The number of aryl methyl sites for hydroxylation is 2. The monoisotopic (exact) mass is 267 g/mol. The van der Waals surface area contributed by atoms with Crippen LogP contribution in [0.4, 0.5) is 0 Å². The normalized spacial score (nSPS) is 13.1. The lowest BCUT2D eigenvalue weighted by Crippen LogP contribution is -2.24. The first-order chi connectivity index (χ1) is 8.47. The van der Waals surface area contributed by atoms with E-state index in [1.54, 1.807) is 16.2 Å². The minimum absolute atomic E-state index is 0.412. The summed E-state index contributed by atoms with van der Waals surface area (Å²) in [5.74, 6) is -0.412. The summed E-state index contributed by atoms with van der Waals surface area (Å²) in [4.78, 5) is 14.5. The number of carbonyl (C=O) groups excluding carboxylic acids is 1. The average molecular weight is 267 g/mol. The van der Waals surface area contributed by atoms with Crippen LogP contribution >= 0.6 is 12.2 Å². The lowest BCUT2D eigenvalue weighted by molar-refractivity contribution is -0.120. The Morgan fingerprint density at radius 3 is 2.83 bits per heavy atom. The molecule has 18 heavy (non-hydrogen) atoms. The topological polar surface area (TPSA) is 81.6 Å². The molecule has 98 valence electrons. The Kier molecular flexibility index (Phi) is 3.25. The van der Waals surface area contributed by atoms with Gasteiger partial charge >= 0.3 is 0 Å². The predicted octanol–water partition coefficient (Wildman–Crippen LogP) is 1.43. The molecule has 0 aliphatic heterocycles. The number of hydrogen-bond acceptors (Lipinski definition) is 3. The van der Waals surface area contributed by atoms with Crippen LogP contribution < -0.4 is 5.73 Å². The van der Waals surface area contributed by atoms with Crippen LogP contribution in [0, 0.1) is 4.77 Å². The smallest absolute Gasteiger partial charge is 0.240 e. The molecular weight excluding hydrogens is 250 g/mol. The van der Waals surface area contributed by atoms with Gasteiger partial charge < -0.3 is 10.7 Å². The van der Waals surface area contributed by atoms with E-state index in [0.717, 1.165) is 29.7 Å². The summed E-state index contributed by atoms with van der Waals surface area (Å²) < 4.78 is 3.97. The molecule has 0 aliphatic carbocycles. The van der Waals surface area contributed by atoms with E-state index in [1.807, 2.05) is 7.05 Å². The molecule has 1 atom stereocenters. The van der Waals surface area contributed by atoms with Crippen molar-refractivity contribution in [1.29, 1.82) is 0 Å². The summed E-state index contributed by atoms with van der Waals surface area (Å²) in [6, 6.07) is -0.490. The number of rotatable bonds is 4. The predicted molar refractivity (Wildman–Crippen MR) is 71.8 cm³/mol. The third-order valence-electron chi connectivity index (χ3n) is 3.05. The molecule has 0 bridgehead atoms. The Bertz CT molecular complexity index is 650. The number of amides is 1. The van der Waals surface area contributed by atoms with Crippen LogP contribution in [0.1, 0.15) is 32.0 Å². The number of H-pyrrole nitrogens is 1. The van der Waals surface area contributed by atoms with Crippen LogP contribution in [0.3, 0.4) is 0 Å². The van der Waals surface area contributed by atoms with Crippen molar-refractivity contribution in [3.63, 3.8) is 0 Å². The number of hydrogen-bond donors (Lipinski definition) is 2. The van der Waals surface area contributed by atoms with Gasteiger partial charge in [0.25, 0.3) is 0 Å². The zero-order chi connectivity index (χ0) is 13.4. The van der Waals surface area contributed by atoms with Gasteiger partial charge in [0.05, 0.1) is 5.69 Å². The molecule has 2 aromatic rings. The molecule has 1 unspecified atom stereocenters. The van der Waals surface area contributed by atoms with Crippen LogP contribution in [-0.2, 0) is 18.3 Å². The first kappa shape index (κ1) is 12.8. The van der Waals surface area contributed by atoms with Gasteiger partial charge in [0.15, 0.2) is 10.4 Å². The summed E-state index contributed by atoms with van der Waals surface area (Å²) in [6.45, 7) is 3.83. The van der Waals surface area contributed by atoms with Crippen LogP contribution in [0.2, 0.25) is 0 Å². The molecular formula is C11H17N5OS.